The molecule has 1 aromatic heterocycles. The molecule has 0 saturated heterocycles. The van der Waals surface area contributed by atoms with Gasteiger partial charge in [0, 0.05) is 21.6 Å². The van der Waals surface area contributed by atoms with Crippen LogP contribution >= 0.6 is 0 Å². The molecule has 0 fully saturated rings. The second kappa shape index (κ2) is 12.5. The molecule has 1 heterocycles. The summed E-state index contributed by atoms with van der Waals surface area (Å²) in [5.41, 5.74) is 14.3. The van der Waals surface area contributed by atoms with Crippen LogP contribution in [0.25, 0.3) is 98.8 Å². The highest BCUT2D eigenvalue weighted by atomic mass is 16.3. The SMILES string of the molecule is CC1(C)c2ccc(-c3ccc(-c4ccccccc(-c5ccccc5)c5ccccc45)c4ccccc34)cc2-c2c1c1c3ccccc3oc1c1ccccc21. The van der Waals surface area contributed by atoms with Gasteiger partial charge in [-0.15, -0.1) is 0 Å². The van der Waals surface area contributed by atoms with Crippen molar-refractivity contribution < 1.29 is 4.42 Å². The standard InChI is InChI=1S/C55H38O/c1-55(2)49-33-30-36(34-48(49)51-45-26-14-15-27-46(45)54-52(53(51)55)47-28-16-17-29-50(47)56-54)38-31-32-44(42-25-13-11-23-40(38)42)43-21-9-4-3-8-20-37(35-18-6-5-7-19-35)39-22-10-12-24-41(39)43/h3-34H,1-2H3. The molecule has 1 aliphatic carbocycles. The number of benzene rings is 8. The first-order valence-corrected chi connectivity index (χ1v) is 19.5. The van der Waals surface area contributed by atoms with Crippen LogP contribution in [0.4, 0.5) is 0 Å². The van der Waals surface area contributed by atoms with Crippen molar-refractivity contribution in [3.05, 3.63) is 205 Å². The number of hydrogen-bond acceptors (Lipinski definition) is 1. The van der Waals surface area contributed by atoms with Gasteiger partial charge in [-0.1, -0.05) is 196 Å². The van der Waals surface area contributed by atoms with Gasteiger partial charge in [0.15, 0.2) is 0 Å². The molecule has 1 nitrogen and oxygen atoms in total. The summed E-state index contributed by atoms with van der Waals surface area (Å²) in [4.78, 5) is 0. The van der Waals surface area contributed by atoms with Gasteiger partial charge in [0.25, 0.3) is 0 Å². The summed E-state index contributed by atoms with van der Waals surface area (Å²) in [6.07, 6.45) is 0. The van der Waals surface area contributed by atoms with Crippen LogP contribution in [-0.4, -0.2) is 0 Å². The third kappa shape index (κ3) is 4.81. The Bertz CT molecular complexity index is 3270. The molecule has 56 heavy (non-hydrogen) atoms. The lowest BCUT2D eigenvalue weighted by Gasteiger charge is -2.23. The quantitative estimate of drug-likeness (QED) is 0.178. The van der Waals surface area contributed by atoms with Crippen LogP contribution in [0, 0.1) is 0 Å². The van der Waals surface area contributed by atoms with E-state index in [1.165, 1.54) is 93.3 Å². The van der Waals surface area contributed by atoms with E-state index in [0.29, 0.717) is 0 Å². The molecule has 0 spiro atoms. The van der Waals surface area contributed by atoms with Crippen LogP contribution in [0.5, 0.6) is 0 Å². The number of rotatable bonds is 3. The molecule has 0 aliphatic heterocycles. The van der Waals surface area contributed by atoms with Crippen molar-refractivity contribution >= 4 is 54.3 Å². The monoisotopic (exact) mass is 714 g/mol. The highest BCUT2D eigenvalue weighted by Gasteiger charge is 2.40. The number of fused-ring (bicyclic) bond motifs is 12. The molecule has 10 aromatic rings. The van der Waals surface area contributed by atoms with E-state index >= 15 is 0 Å². The molecule has 9 aromatic carbocycles. The molecular weight excluding hydrogens is 677 g/mol. The van der Waals surface area contributed by atoms with Gasteiger partial charge in [0.2, 0.25) is 0 Å². The number of para-hydroxylation sites is 1. The minimum atomic E-state index is -0.213. The number of furan rings is 1. The Hall–Kier alpha value is -6.96. The summed E-state index contributed by atoms with van der Waals surface area (Å²) in [6.45, 7) is 4.76. The zero-order valence-electron chi connectivity index (χ0n) is 31.4. The normalized spacial score (nSPS) is 13.0. The molecule has 264 valence electrons. The van der Waals surface area contributed by atoms with E-state index in [4.69, 9.17) is 4.42 Å². The van der Waals surface area contributed by atoms with E-state index < -0.39 is 0 Å². The average Bonchev–Trinajstić information content (AvgIpc) is 3.74. The van der Waals surface area contributed by atoms with Gasteiger partial charge < -0.3 is 4.42 Å². The summed E-state index contributed by atoms with van der Waals surface area (Å²) in [7, 11) is 0. The Morgan fingerprint density at radius 2 is 0.839 bits per heavy atom. The fraction of sp³-hybridized carbons (Fsp3) is 0.0545. The van der Waals surface area contributed by atoms with Crippen LogP contribution in [-0.2, 0) is 5.41 Å². The van der Waals surface area contributed by atoms with E-state index in [0.717, 1.165) is 16.6 Å². The highest BCUT2D eigenvalue weighted by Crippen LogP contribution is 2.57. The summed E-state index contributed by atoms with van der Waals surface area (Å²) in [5.74, 6) is 0. The average molecular weight is 715 g/mol. The summed E-state index contributed by atoms with van der Waals surface area (Å²) >= 11 is 0. The first kappa shape index (κ1) is 32.5. The first-order valence-electron chi connectivity index (χ1n) is 19.5. The molecular formula is C55H38O. The maximum atomic E-state index is 6.65. The summed E-state index contributed by atoms with van der Waals surface area (Å²) < 4.78 is 6.65. The third-order valence-corrected chi connectivity index (χ3v) is 12.1. The lowest BCUT2D eigenvalue weighted by Crippen LogP contribution is -2.15. The predicted octanol–water partition coefficient (Wildman–Crippen LogP) is 15.5. The minimum absolute atomic E-state index is 0.213. The minimum Gasteiger partial charge on any atom is -0.455 e. The van der Waals surface area contributed by atoms with Gasteiger partial charge >= 0.3 is 0 Å². The Labute approximate surface area is 326 Å². The molecule has 1 heteroatoms. The van der Waals surface area contributed by atoms with E-state index in [-0.39, 0.29) is 5.41 Å². The largest absolute Gasteiger partial charge is 0.455 e. The van der Waals surface area contributed by atoms with Gasteiger partial charge in [-0.2, -0.15) is 0 Å². The Morgan fingerprint density at radius 3 is 1.54 bits per heavy atom. The maximum Gasteiger partial charge on any atom is 0.143 e. The zero-order chi connectivity index (χ0) is 37.4. The topological polar surface area (TPSA) is 13.1 Å². The van der Waals surface area contributed by atoms with Crippen LogP contribution in [0.1, 0.15) is 25.0 Å². The lowest BCUT2D eigenvalue weighted by atomic mass is 9.79. The molecule has 0 bridgehead atoms. The van der Waals surface area contributed by atoms with Gasteiger partial charge in [-0.25, -0.2) is 0 Å². The predicted molar refractivity (Wildman–Crippen MR) is 238 cm³/mol. The van der Waals surface area contributed by atoms with Gasteiger partial charge in [-0.3, -0.25) is 0 Å². The van der Waals surface area contributed by atoms with Gasteiger partial charge in [-0.05, 0) is 94.7 Å². The van der Waals surface area contributed by atoms with E-state index in [1.54, 1.807) is 0 Å². The fourth-order valence-electron chi connectivity index (χ4n) is 9.60. The van der Waals surface area contributed by atoms with Crippen molar-refractivity contribution in [3.63, 3.8) is 0 Å². The first-order chi connectivity index (χ1) is 27.6. The van der Waals surface area contributed by atoms with E-state index in [9.17, 15) is 0 Å². The second-order valence-corrected chi connectivity index (χ2v) is 15.5. The molecule has 0 atom stereocenters. The smallest absolute Gasteiger partial charge is 0.143 e. The molecule has 0 unspecified atom stereocenters. The van der Waals surface area contributed by atoms with Crippen molar-refractivity contribution in [2.45, 2.75) is 19.3 Å². The summed E-state index contributed by atoms with van der Waals surface area (Å²) in [6, 6.07) is 70.6. The van der Waals surface area contributed by atoms with Gasteiger partial charge in [0.05, 0.1) is 0 Å². The highest BCUT2D eigenvalue weighted by molar-refractivity contribution is 6.23. The van der Waals surface area contributed by atoms with Crippen molar-refractivity contribution in [1.29, 1.82) is 0 Å². The lowest BCUT2D eigenvalue weighted by molar-refractivity contribution is 0.659. The van der Waals surface area contributed by atoms with Crippen molar-refractivity contribution in [1.82, 2.24) is 0 Å². The Kier molecular flexibility index (Phi) is 7.28. The van der Waals surface area contributed by atoms with E-state index in [2.05, 4.69) is 208 Å². The molecule has 11 rings (SSSR count). The molecule has 0 radical (unpaired) electrons. The second-order valence-electron chi connectivity index (χ2n) is 15.5. The third-order valence-electron chi connectivity index (χ3n) is 12.1. The maximum absolute atomic E-state index is 6.65. The van der Waals surface area contributed by atoms with Crippen LogP contribution in [0.3, 0.4) is 0 Å². The Balaban J connectivity index is 1.16. The Morgan fingerprint density at radius 1 is 0.357 bits per heavy atom. The molecule has 0 amide bonds. The van der Waals surface area contributed by atoms with Crippen LogP contribution < -0.4 is 0 Å². The zero-order valence-corrected chi connectivity index (χ0v) is 31.4. The summed E-state index contributed by atoms with van der Waals surface area (Å²) in [5, 5.41) is 9.72. The molecule has 0 N–H and O–H groups in total. The van der Waals surface area contributed by atoms with E-state index in [1.807, 2.05) is 0 Å². The van der Waals surface area contributed by atoms with Crippen molar-refractivity contribution in [3.8, 4) is 44.5 Å². The van der Waals surface area contributed by atoms with Gasteiger partial charge in [0.1, 0.15) is 11.2 Å². The van der Waals surface area contributed by atoms with Crippen molar-refractivity contribution in [2.75, 3.05) is 0 Å². The molecule has 1 aliphatic rings. The van der Waals surface area contributed by atoms with Crippen LogP contribution in [0.2, 0.25) is 0 Å². The number of hydrogen-bond donors (Lipinski definition) is 0. The molecule has 0 saturated carbocycles. The van der Waals surface area contributed by atoms with Crippen molar-refractivity contribution in [2.24, 2.45) is 0 Å². The fourth-order valence-corrected chi connectivity index (χ4v) is 9.60. The van der Waals surface area contributed by atoms with Crippen LogP contribution in [0.15, 0.2) is 199 Å².